The van der Waals surface area contributed by atoms with E-state index in [1.165, 1.54) is 0 Å². The van der Waals surface area contributed by atoms with Crippen LogP contribution in [0.3, 0.4) is 0 Å². The lowest BCUT2D eigenvalue weighted by Crippen LogP contribution is -2.50. The van der Waals surface area contributed by atoms with Crippen molar-refractivity contribution in [1.29, 1.82) is 0 Å². The second kappa shape index (κ2) is 9.76. The average Bonchev–Trinajstić information content (AvgIpc) is 3.24. The third-order valence-electron chi connectivity index (χ3n) is 6.74. The summed E-state index contributed by atoms with van der Waals surface area (Å²) in [5.74, 6) is 0.0691. The molecule has 8 nitrogen and oxygen atoms in total. The number of nitrogens with two attached hydrogens (primary N) is 1. The van der Waals surface area contributed by atoms with E-state index in [9.17, 15) is 9.59 Å². The van der Waals surface area contributed by atoms with Gasteiger partial charge in [0.05, 0.1) is 23.2 Å². The van der Waals surface area contributed by atoms with Crippen molar-refractivity contribution in [2.75, 3.05) is 38.2 Å². The molecule has 198 valence electrons. The molecule has 0 atom stereocenters. The summed E-state index contributed by atoms with van der Waals surface area (Å²) in [5.41, 5.74) is 10.0. The van der Waals surface area contributed by atoms with Crippen molar-refractivity contribution in [2.24, 2.45) is 5.73 Å². The molecule has 0 unspecified atom stereocenters. The maximum absolute atomic E-state index is 12.4. The maximum atomic E-state index is 12.4. The van der Waals surface area contributed by atoms with Gasteiger partial charge >= 0.3 is 6.09 Å². The van der Waals surface area contributed by atoms with Crippen molar-refractivity contribution in [3.05, 3.63) is 59.1 Å². The number of halogens is 1. The number of aromatic nitrogens is 1. The zero-order chi connectivity index (χ0) is 27.2. The minimum Gasteiger partial charge on any atom is -0.495 e. The molecule has 0 aliphatic carbocycles. The van der Waals surface area contributed by atoms with Gasteiger partial charge < -0.3 is 30.0 Å². The lowest BCUT2D eigenvalue weighted by molar-refractivity contribution is 0.0240. The third kappa shape index (κ3) is 4.96. The summed E-state index contributed by atoms with van der Waals surface area (Å²) in [5, 5.41) is 2.38. The molecule has 3 aromatic carbocycles. The molecule has 1 fully saturated rings. The van der Waals surface area contributed by atoms with Gasteiger partial charge in [-0.1, -0.05) is 23.7 Å². The fourth-order valence-electron chi connectivity index (χ4n) is 4.87. The van der Waals surface area contributed by atoms with Crippen LogP contribution in [0, 0.1) is 0 Å². The van der Waals surface area contributed by atoms with E-state index in [4.69, 9.17) is 26.8 Å². The normalized spacial score (nSPS) is 14.2. The second-order valence-corrected chi connectivity index (χ2v) is 10.9. The van der Waals surface area contributed by atoms with Crippen molar-refractivity contribution in [2.45, 2.75) is 26.4 Å². The number of anilines is 1. The van der Waals surface area contributed by atoms with Crippen LogP contribution in [-0.2, 0) is 4.74 Å². The monoisotopic (exact) mass is 534 g/mol. The molecule has 1 aromatic heterocycles. The van der Waals surface area contributed by atoms with E-state index in [1.807, 2.05) is 39.0 Å². The number of hydrogen-bond donors (Lipinski definition) is 2. The Morgan fingerprint density at radius 3 is 2.32 bits per heavy atom. The molecule has 2 heterocycles. The van der Waals surface area contributed by atoms with E-state index < -0.39 is 11.5 Å². The Hall–Kier alpha value is -3.91. The van der Waals surface area contributed by atoms with E-state index in [1.54, 1.807) is 24.1 Å². The molecule has 3 N–H and O–H groups in total. The second-order valence-electron chi connectivity index (χ2n) is 10.5. The van der Waals surface area contributed by atoms with E-state index in [0.717, 1.165) is 33.1 Å². The van der Waals surface area contributed by atoms with Gasteiger partial charge in [0.15, 0.2) is 0 Å². The number of ether oxygens (including phenoxy) is 2. The Kier molecular flexibility index (Phi) is 6.61. The standard InChI is InChI=1S/C29H31ClN4O4/c1-29(2,3)38-28(36)34-11-9-33(10-12-34)19-6-7-20-21-13-18(17-5-8-25(37-4)23(30)15-17)14-22(27(31)35)26(21)32-24(20)16-19/h5-8,13-16,32H,9-12H2,1-4H3,(H2,31,35). The first-order valence-electron chi connectivity index (χ1n) is 12.5. The predicted octanol–water partition coefficient (Wildman–Crippen LogP) is 5.81. The molecule has 1 aliphatic heterocycles. The Labute approximate surface area is 226 Å². The van der Waals surface area contributed by atoms with Crippen LogP contribution in [0.5, 0.6) is 5.75 Å². The molecular formula is C29H31ClN4O4. The van der Waals surface area contributed by atoms with Crippen LogP contribution >= 0.6 is 11.6 Å². The first-order chi connectivity index (χ1) is 18.0. The highest BCUT2D eigenvalue weighted by atomic mass is 35.5. The van der Waals surface area contributed by atoms with Gasteiger partial charge in [0.2, 0.25) is 0 Å². The van der Waals surface area contributed by atoms with Crippen molar-refractivity contribution < 1.29 is 19.1 Å². The number of carbonyl (C=O) groups is 2. The van der Waals surface area contributed by atoms with Gasteiger partial charge in [0.25, 0.3) is 5.91 Å². The summed E-state index contributed by atoms with van der Waals surface area (Å²) >= 11 is 6.36. The Morgan fingerprint density at radius 1 is 0.947 bits per heavy atom. The van der Waals surface area contributed by atoms with Crippen LogP contribution < -0.4 is 15.4 Å². The Bertz CT molecular complexity index is 1550. The summed E-state index contributed by atoms with van der Waals surface area (Å²) in [7, 11) is 1.57. The van der Waals surface area contributed by atoms with E-state index in [2.05, 4.69) is 28.1 Å². The largest absolute Gasteiger partial charge is 0.495 e. The number of aromatic amines is 1. The summed E-state index contributed by atoms with van der Waals surface area (Å²) < 4.78 is 10.8. The number of carbonyl (C=O) groups excluding carboxylic acids is 2. The number of piperazine rings is 1. The van der Waals surface area contributed by atoms with Crippen LogP contribution in [-0.4, -0.2) is 60.8 Å². The highest BCUT2D eigenvalue weighted by Gasteiger charge is 2.26. The highest BCUT2D eigenvalue weighted by molar-refractivity contribution is 6.32. The fourth-order valence-corrected chi connectivity index (χ4v) is 5.13. The fraction of sp³-hybridized carbons (Fsp3) is 0.310. The van der Waals surface area contributed by atoms with Gasteiger partial charge in [-0.15, -0.1) is 0 Å². The van der Waals surface area contributed by atoms with E-state index >= 15 is 0 Å². The van der Waals surface area contributed by atoms with Crippen LogP contribution in [0.1, 0.15) is 31.1 Å². The van der Waals surface area contributed by atoms with Crippen LogP contribution in [0.25, 0.3) is 32.9 Å². The number of benzene rings is 3. The topological polar surface area (TPSA) is 101 Å². The first kappa shape index (κ1) is 25.7. The molecule has 1 aliphatic rings. The van der Waals surface area contributed by atoms with Crippen LogP contribution in [0.15, 0.2) is 48.5 Å². The highest BCUT2D eigenvalue weighted by Crippen LogP contribution is 2.36. The van der Waals surface area contributed by atoms with Gasteiger partial charge in [-0.05, 0) is 68.3 Å². The third-order valence-corrected chi connectivity index (χ3v) is 7.03. The number of nitrogens with one attached hydrogen (secondary N) is 1. The Morgan fingerprint density at radius 2 is 1.68 bits per heavy atom. The number of H-pyrrole nitrogens is 1. The number of fused-ring (bicyclic) bond motifs is 3. The van der Waals surface area contributed by atoms with Crippen molar-refractivity contribution >= 4 is 51.1 Å². The van der Waals surface area contributed by atoms with Crippen molar-refractivity contribution in [3.8, 4) is 16.9 Å². The zero-order valence-corrected chi connectivity index (χ0v) is 22.7. The van der Waals surface area contributed by atoms with Gasteiger partial charge in [-0.3, -0.25) is 4.79 Å². The molecule has 0 saturated carbocycles. The van der Waals surface area contributed by atoms with Crippen LogP contribution in [0.4, 0.5) is 10.5 Å². The molecule has 4 aromatic rings. The van der Waals surface area contributed by atoms with Gasteiger partial charge in [0, 0.05) is 48.2 Å². The lowest BCUT2D eigenvalue weighted by Gasteiger charge is -2.36. The maximum Gasteiger partial charge on any atom is 0.410 e. The van der Waals surface area contributed by atoms with Gasteiger partial charge in [-0.2, -0.15) is 0 Å². The van der Waals surface area contributed by atoms with Gasteiger partial charge in [0.1, 0.15) is 11.4 Å². The number of nitrogens with zero attached hydrogens (tertiary/aromatic N) is 2. The molecule has 9 heteroatoms. The minimum atomic E-state index is -0.516. The molecule has 0 bridgehead atoms. The van der Waals surface area contributed by atoms with E-state index in [-0.39, 0.29) is 6.09 Å². The summed E-state index contributed by atoms with van der Waals surface area (Å²) in [6.45, 7) is 8.17. The first-order valence-corrected chi connectivity index (χ1v) is 12.9. The minimum absolute atomic E-state index is 0.281. The molecule has 0 radical (unpaired) electrons. The van der Waals surface area contributed by atoms with Crippen molar-refractivity contribution in [1.82, 2.24) is 9.88 Å². The van der Waals surface area contributed by atoms with Crippen molar-refractivity contribution in [3.63, 3.8) is 0 Å². The number of methoxy groups -OCH3 is 1. The SMILES string of the molecule is COc1ccc(-c2cc(C(N)=O)c3[nH]c4cc(N5CCN(C(=O)OC(C)(C)C)CC5)ccc4c3c2)cc1Cl. The molecule has 0 spiro atoms. The zero-order valence-electron chi connectivity index (χ0n) is 21.9. The smallest absolute Gasteiger partial charge is 0.410 e. The summed E-state index contributed by atoms with van der Waals surface area (Å²) in [6, 6.07) is 15.5. The lowest BCUT2D eigenvalue weighted by atomic mass is 9.98. The van der Waals surface area contributed by atoms with Gasteiger partial charge in [-0.25, -0.2) is 4.79 Å². The Balaban J connectivity index is 1.46. The van der Waals surface area contributed by atoms with E-state index in [0.29, 0.717) is 48.0 Å². The summed E-state index contributed by atoms with van der Waals surface area (Å²) in [4.78, 5) is 32.3. The molecular weight excluding hydrogens is 504 g/mol. The molecule has 5 rings (SSSR count). The predicted molar refractivity (Wildman–Crippen MR) is 151 cm³/mol. The molecule has 2 amide bonds. The number of hydrogen-bond acceptors (Lipinski definition) is 5. The summed E-state index contributed by atoms with van der Waals surface area (Å²) in [6.07, 6.45) is -0.281. The average molecular weight is 535 g/mol. The number of amides is 2. The number of primary amides is 1. The molecule has 1 saturated heterocycles. The number of rotatable bonds is 4. The van der Waals surface area contributed by atoms with Crippen LogP contribution in [0.2, 0.25) is 5.02 Å². The quantitative estimate of drug-likeness (QED) is 0.344. The molecule has 38 heavy (non-hydrogen) atoms.